The largest absolute Gasteiger partial charge is 0.497 e. The van der Waals surface area contributed by atoms with E-state index in [1.165, 1.54) is 22.8 Å². The van der Waals surface area contributed by atoms with Crippen molar-refractivity contribution in [1.82, 2.24) is 19.7 Å². The Morgan fingerprint density at radius 3 is 2.60 bits per heavy atom. The second-order valence-corrected chi connectivity index (χ2v) is 8.59. The molecule has 0 radical (unpaired) electrons. The van der Waals surface area contributed by atoms with Crippen LogP contribution in [0.1, 0.15) is 29.2 Å². The minimum Gasteiger partial charge on any atom is -0.497 e. The summed E-state index contributed by atoms with van der Waals surface area (Å²) in [5.41, 5.74) is 1.17. The Labute approximate surface area is 204 Å². The molecule has 0 aliphatic rings. The highest BCUT2D eigenvalue weighted by Gasteiger charge is 2.26. The molecule has 2 amide bonds. The van der Waals surface area contributed by atoms with E-state index in [0.29, 0.717) is 16.4 Å². The van der Waals surface area contributed by atoms with Gasteiger partial charge in [0.25, 0.3) is 5.56 Å². The van der Waals surface area contributed by atoms with Crippen LogP contribution in [0.25, 0.3) is 5.65 Å². The summed E-state index contributed by atoms with van der Waals surface area (Å²) in [6, 6.07) is 11.8. The number of thiazole rings is 1. The maximum Gasteiger partial charge on any atom is 0.265 e. The van der Waals surface area contributed by atoms with E-state index in [-0.39, 0.29) is 24.2 Å². The highest BCUT2D eigenvalue weighted by molar-refractivity contribution is 7.13. The van der Waals surface area contributed by atoms with Gasteiger partial charge in [0.05, 0.1) is 24.9 Å². The number of nitrogens with zero attached hydrogens (tertiary/aromatic N) is 3. The predicted molar refractivity (Wildman–Crippen MR) is 131 cm³/mol. The van der Waals surface area contributed by atoms with Crippen LogP contribution in [-0.4, -0.2) is 44.9 Å². The molecule has 0 bridgehead atoms. The van der Waals surface area contributed by atoms with Gasteiger partial charge in [-0.05, 0) is 36.8 Å². The molecule has 0 aliphatic carbocycles. The first-order chi connectivity index (χ1) is 16.9. The van der Waals surface area contributed by atoms with Crippen molar-refractivity contribution in [1.29, 1.82) is 0 Å². The monoisotopic (exact) mass is 493 g/mol. The quantitative estimate of drug-likeness (QED) is 0.343. The SMILES string of the molecule is COc1ccc(C(CC(=O)NCC(=O)Nc2nc(C)cs2)c2c(O)nc3ccccn3c2=O)cc1. The summed E-state index contributed by atoms with van der Waals surface area (Å²) in [4.78, 5) is 46.6. The molecule has 11 heteroatoms. The Hall–Kier alpha value is -4.25. The Morgan fingerprint density at radius 2 is 1.91 bits per heavy atom. The molecule has 180 valence electrons. The fraction of sp³-hybridized carbons (Fsp3) is 0.208. The van der Waals surface area contributed by atoms with Gasteiger partial charge in [-0.25, -0.2) is 4.98 Å². The fourth-order valence-corrected chi connectivity index (χ4v) is 4.33. The molecule has 0 spiro atoms. The Kier molecular flexibility index (Phi) is 7.06. The van der Waals surface area contributed by atoms with E-state index < -0.39 is 29.2 Å². The molecule has 3 aromatic heterocycles. The molecule has 0 fully saturated rings. The van der Waals surface area contributed by atoms with Gasteiger partial charge in [-0.2, -0.15) is 4.98 Å². The summed E-state index contributed by atoms with van der Waals surface area (Å²) < 4.78 is 6.51. The Balaban J connectivity index is 1.59. The van der Waals surface area contributed by atoms with Crippen molar-refractivity contribution in [2.45, 2.75) is 19.3 Å². The molecule has 3 N–H and O–H groups in total. The molecular formula is C24H23N5O5S. The highest BCUT2D eigenvalue weighted by Crippen LogP contribution is 2.32. The minimum atomic E-state index is -0.817. The lowest BCUT2D eigenvalue weighted by molar-refractivity contribution is -0.124. The van der Waals surface area contributed by atoms with Crippen molar-refractivity contribution >= 4 is 33.9 Å². The van der Waals surface area contributed by atoms with Crippen LogP contribution in [0.15, 0.2) is 58.8 Å². The molecule has 10 nitrogen and oxygen atoms in total. The summed E-state index contributed by atoms with van der Waals surface area (Å²) >= 11 is 1.29. The molecule has 35 heavy (non-hydrogen) atoms. The van der Waals surface area contributed by atoms with Crippen LogP contribution < -0.4 is 20.9 Å². The maximum atomic E-state index is 13.3. The normalized spacial score (nSPS) is 11.7. The number of aryl methyl sites for hydroxylation is 1. The van der Waals surface area contributed by atoms with Crippen LogP contribution >= 0.6 is 11.3 Å². The summed E-state index contributed by atoms with van der Waals surface area (Å²) in [6.45, 7) is 1.54. The number of amides is 2. The number of carbonyl (C=O) groups excluding carboxylic acids is 2. The van der Waals surface area contributed by atoms with Crippen molar-refractivity contribution in [3.05, 3.63) is 81.2 Å². The van der Waals surface area contributed by atoms with E-state index in [4.69, 9.17) is 4.74 Å². The minimum absolute atomic E-state index is 0.0169. The van der Waals surface area contributed by atoms with Crippen LogP contribution in [0.3, 0.4) is 0 Å². The topological polar surface area (TPSA) is 135 Å². The van der Waals surface area contributed by atoms with Crippen molar-refractivity contribution in [2.24, 2.45) is 0 Å². The van der Waals surface area contributed by atoms with Crippen molar-refractivity contribution in [3.63, 3.8) is 0 Å². The number of aromatic hydroxyl groups is 1. The Morgan fingerprint density at radius 1 is 1.14 bits per heavy atom. The van der Waals surface area contributed by atoms with Gasteiger partial charge in [0.2, 0.25) is 17.7 Å². The third-order valence-corrected chi connectivity index (χ3v) is 6.19. The molecule has 0 aliphatic heterocycles. The number of benzene rings is 1. The van der Waals surface area contributed by atoms with E-state index in [1.54, 1.807) is 54.0 Å². The fourth-order valence-electron chi connectivity index (χ4n) is 3.63. The molecule has 1 aromatic carbocycles. The van der Waals surface area contributed by atoms with Crippen molar-refractivity contribution < 1.29 is 19.4 Å². The number of hydrogen-bond donors (Lipinski definition) is 3. The summed E-state index contributed by atoms with van der Waals surface area (Å²) in [5.74, 6) is -1.57. The number of aromatic nitrogens is 3. The number of fused-ring (bicyclic) bond motifs is 1. The highest BCUT2D eigenvalue weighted by atomic mass is 32.1. The van der Waals surface area contributed by atoms with E-state index in [2.05, 4.69) is 20.6 Å². The first kappa shape index (κ1) is 23.9. The number of pyridine rings is 1. The van der Waals surface area contributed by atoms with Crippen molar-refractivity contribution in [3.8, 4) is 11.6 Å². The number of carbonyl (C=O) groups is 2. The second-order valence-electron chi connectivity index (χ2n) is 7.73. The van der Waals surface area contributed by atoms with Crippen LogP contribution in [0.4, 0.5) is 5.13 Å². The summed E-state index contributed by atoms with van der Waals surface area (Å²) in [5, 5.41) is 18.1. The first-order valence-electron chi connectivity index (χ1n) is 10.7. The molecule has 1 atom stereocenters. The van der Waals surface area contributed by atoms with Gasteiger partial charge in [0.15, 0.2) is 5.13 Å². The third kappa shape index (κ3) is 5.46. The summed E-state index contributed by atoms with van der Waals surface area (Å²) in [6.07, 6.45) is 1.35. The van der Waals surface area contributed by atoms with E-state index in [1.807, 2.05) is 6.92 Å². The summed E-state index contributed by atoms with van der Waals surface area (Å²) in [7, 11) is 1.53. The molecule has 0 saturated carbocycles. The molecule has 1 unspecified atom stereocenters. The lowest BCUT2D eigenvalue weighted by Gasteiger charge is -2.19. The lowest BCUT2D eigenvalue weighted by atomic mass is 9.89. The van der Waals surface area contributed by atoms with E-state index in [0.717, 1.165) is 5.69 Å². The zero-order valence-corrected chi connectivity index (χ0v) is 19.8. The smallest absolute Gasteiger partial charge is 0.265 e. The van der Waals surface area contributed by atoms with Gasteiger partial charge in [0.1, 0.15) is 11.4 Å². The average Bonchev–Trinajstić information content (AvgIpc) is 3.26. The Bertz CT molecular complexity index is 1430. The number of nitrogens with one attached hydrogen (secondary N) is 2. The maximum absolute atomic E-state index is 13.3. The zero-order chi connectivity index (χ0) is 24.9. The third-order valence-electron chi connectivity index (χ3n) is 5.32. The molecule has 4 rings (SSSR count). The van der Waals surface area contributed by atoms with Crippen LogP contribution in [0.5, 0.6) is 11.6 Å². The van der Waals surface area contributed by atoms with Gasteiger partial charge in [-0.15, -0.1) is 11.3 Å². The van der Waals surface area contributed by atoms with Gasteiger partial charge in [-0.1, -0.05) is 18.2 Å². The van der Waals surface area contributed by atoms with Gasteiger partial charge < -0.3 is 20.5 Å². The average molecular weight is 494 g/mol. The van der Waals surface area contributed by atoms with Crippen LogP contribution in [0, 0.1) is 6.92 Å². The van der Waals surface area contributed by atoms with Gasteiger partial charge >= 0.3 is 0 Å². The number of anilines is 1. The second kappa shape index (κ2) is 10.3. The molecule has 4 aromatic rings. The number of rotatable bonds is 8. The zero-order valence-electron chi connectivity index (χ0n) is 19.0. The molecular weight excluding hydrogens is 470 g/mol. The van der Waals surface area contributed by atoms with E-state index in [9.17, 15) is 19.5 Å². The van der Waals surface area contributed by atoms with Crippen LogP contribution in [0.2, 0.25) is 0 Å². The van der Waals surface area contributed by atoms with Gasteiger partial charge in [-0.3, -0.25) is 18.8 Å². The van der Waals surface area contributed by atoms with Crippen LogP contribution in [-0.2, 0) is 9.59 Å². The number of hydrogen-bond acceptors (Lipinski definition) is 8. The standard InChI is InChI=1S/C24H23N5O5S/c1-14-13-35-24(26-14)28-20(31)12-25-19(30)11-17(15-6-8-16(34-2)9-7-15)21-22(32)27-18-5-3-4-10-29(18)23(21)33/h3-10,13,17,32H,11-12H2,1-2H3,(H,25,30)(H,26,28,31). The number of methoxy groups -OCH3 is 1. The number of ether oxygens (including phenoxy) is 1. The van der Waals surface area contributed by atoms with E-state index >= 15 is 0 Å². The molecule has 3 heterocycles. The van der Waals surface area contributed by atoms with Gasteiger partial charge in [0, 0.05) is 23.9 Å². The predicted octanol–water partition coefficient (Wildman–Crippen LogP) is 2.45. The molecule has 0 saturated heterocycles. The lowest BCUT2D eigenvalue weighted by Crippen LogP contribution is -2.34. The van der Waals surface area contributed by atoms with Crippen molar-refractivity contribution in [2.75, 3.05) is 19.0 Å². The first-order valence-corrected chi connectivity index (χ1v) is 11.6.